The molecule has 0 fully saturated rings. The van der Waals surface area contributed by atoms with Gasteiger partial charge in [-0.15, -0.1) is 0 Å². The van der Waals surface area contributed by atoms with E-state index < -0.39 is 11.7 Å². The summed E-state index contributed by atoms with van der Waals surface area (Å²) in [4.78, 5) is 20.5. The monoisotopic (exact) mass is 328 g/mol. The van der Waals surface area contributed by atoms with E-state index in [1.165, 1.54) is 0 Å². The Morgan fingerprint density at radius 3 is 2.79 bits per heavy atom. The molecule has 0 radical (unpaired) electrons. The summed E-state index contributed by atoms with van der Waals surface area (Å²) in [5.74, 6) is -0.241. The molecule has 24 heavy (non-hydrogen) atoms. The Balaban J connectivity index is 2.08. The highest BCUT2D eigenvalue weighted by Gasteiger charge is 2.19. The summed E-state index contributed by atoms with van der Waals surface area (Å²) < 4.78 is 5.40. The smallest absolute Gasteiger partial charge is 0.310 e. The van der Waals surface area contributed by atoms with Crippen LogP contribution in [0.1, 0.15) is 57.9 Å². The van der Waals surface area contributed by atoms with Gasteiger partial charge in [0.15, 0.2) is 0 Å². The molecule has 1 aromatic heterocycles. The molecule has 0 saturated carbocycles. The first-order chi connectivity index (χ1) is 11.3. The molecule has 0 bridgehead atoms. The van der Waals surface area contributed by atoms with E-state index in [0.29, 0.717) is 11.2 Å². The van der Waals surface area contributed by atoms with Crippen LogP contribution in [0.5, 0.6) is 0 Å². The second kappa shape index (κ2) is 7.53. The number of aliphatic hydroxyl groups is 1. The molecule has 1 aromatic carbocycles. The zero-order valence-corrected chi connectivity index (χ0v) is 14.6. The number of benzene rings is 1. The highest BCUT2D eigenvalue weighted by atomic mass is 16.6. The Bertz CT molecular complexity index is 751. The zero-order chi connectivity index (χ0) is 17.7. The van der Waals surface area contributed by atoms with Crippen molar-refractivity contribution in [2.75, 3.05) is 0 Å². The number of rotatable bonds is 6. The molecule has 0 saturated heterocycles. The number of ether oxygens (including phenoxy) is 1. The highest BCUT2D eigenvalue weighted by Crippen LogP contribution is 2.17. The van der Waals surface area contributed by atoms with Gasteiger partial charge in [0.05, 0.1) is 35.4 Å². The van der Waals surface area contributed by atoms with Crippen LogP contribution in [-0.4, -0.2) is 26.6 Å². The van der Waals surface area contributed by atoms with Crippen LogP contribution in [0.4, 0.5) is 0 Å². The molecular formula is C19H24N2O3. The molecule has 0 amide bonds. The Labute approximate surface area is 142 Å². The van der Waals surface area contributed by atoms with Crippen LogP contribution in [0.15, 0.2) is 30.5 Å². The van der Waals surface area contributed by atoms with Crippen LogP contribution in [0.2, 0.25) is 0 Å². The van der Waals surface area contributed by atoms with E-state index in [4.69, 9.17) is 4.74 Å². The third-order valence-corrected chi connectivity index (χ3v) is 3.85. The standard InChI is InChI=1S/C19H24N2O3/c1-5-19(3,4)24-18(23)8-6-7-14-9-10-15-16(11-14)21-17(12-20-15)13(2)22/h6-7,9-13,22H,5,8H2,1-4H3/b7-6+/t13-/m1/s1. The Kier molecular flexibility index (Phi) is 5.67. The van der Waals surface area contributed by atoms with E-state index >= 15 is 0 Å². The van der Waals surface area contributed by atoms with Crippen molar-refractivity contribution in [2.24, 2.45) is 0 Å². The first-order valence-electron chi connectivity index (χ1n) is 8.14. The fraction of sp³-hybridized carbons (Fsp3) is 0.421. The van der Waals surface area contributed by atoms with Gasteiger partial charge in [-0.1, -0.05) is 25.1 Å². The molecule has 0 aliphatic rings. The van der Waals surface area contributed by atoms with Gasteiger partial charge in [-0.25, -0.2) is 4.98 Å². The van der Waals surface area contributed by atoms with Crippen molar-refractivity contribution in [1.82, 2.24) is 9.97 Å². The van der Waals surface area contributed by atoms with Crippen molar-refractivity contribution in [3.05, 3.63) is 41.7 Å². The molecule has 1 heterocycles. The van der Waals surface area contributed by atoms with Crippen molar-refractivity contribution in [3.63, 3.8) is 0 Å². The topological polar surface area (TPSA) is 72.3 Å². The van der Waals surface area contributed by atoms with Crippen LogP contribution in [0.3, 0.4) is 0 Å². The van der Waals surface area contributed by atoms with Gasteiger partial charge in [-0.05, 0) is 44.9 Å². The number of esters is 1. The second-order valence-electron chi connectivity index (χ2n) is 6.41. The predicted octanol–water partition coefficient (Wildman–Crippen LogP) is 3.82. The molecule has 0 aliphatic carbocycles. The second-order valence-corrected chi connectivity index (χ2v) is 6.41. The highest BCUT2D eigenvalue weighted by molar-refractivity contribution is 5.78. The minimum atomic E-state index is -0.655. The molecule has 0 unspecified atom stereocenters. The lowest BCUT2D eigenvalue weighted by molar-refractivity contribution is -0.155. The summed E-state index contributed by atoms with van der Waals surface area (Å²) in [6.07, 6.45) is 5.56. The van der Waals surface area contributed by atoms with E-state index in [1.54, 1.807) is 19.2 Å². The SMILES string of the molecule is CCC(C)(C)OC(=O)C/C=C/c1ccc2ncc([C@@H](C)O)nc2c1. The lowest BCUT2D eigenvalue weighted by Crippen LogP contribution is -2.26. The van der Waals surface area contributed by atoms with Crippen molar-refractivity contribution in [1.29, 1.82) is 0 Å². The van der Waals surface area contributed by atoms with Crippen molar-refractivity contribution in [2.45, 2.75) is 52.2 Å². The van der Waals surface area contributed by atoms with Crippen LogP contribution < -0.4 is 0 Å². The Morgan fingerprint density at radius 2 is 2.12 bits per heavy atom. The molecule has 2 rings (SSSR count). The maximum Gasteiger partial charge on any atom is 0.310 e. The predicted molar refractivity (Wildman–Crippen MR) is 94.3 cm³/mol. The molecule has 128 valence electrons. The number of carbonyl (C=O) groups excluding carboxylic acids is 1. The number of carbonyl (C=O) groups is 1. The minimum Gasteiger partial charge on any atom is -0.459 e. The van der Waals surface area contributed by atoms with Crippen LogP contribution >= 0.6 is 0 Å². The molecule has 1 atom stereocenters. The number of nitrogens with zero attached hydrogens (tertiary/aromatic N) is 2. The van der Waals surface area contributed by atoms with E-state index in [0.717, 1.165) is 17.5 Å². The van der Waals surface area contributed by atoms with Gasteiger partial charge in [-0.2, -0.15) is 0 Å². The minimum absolute atomic E-state index is 0.223. The van der Waals surface area contributed by atoms with Gasteiger partial charge >= 0.3 is 5.97 Å². The van der Waals surface area contributed by atoms with Crippen LogP contribution in [0, 0.1) is 0 Å². The maximum absolute atomic E-state index is 11.8. The summed E-state index contributed by atoms with van der Waals surface area (Å²) in [5, 5.41) is 9.60. The average Bonchev–Trinajstić information content (AvgIpc) is 2.53. The first-order valence-corrected chi connectivity index (χ1v) is 8.14. The number of hydrogen-bond donors (Lipinski definition) is 1. The van der Waals surface area contributed by atoms with Crippen molar-refractivity contribution in [3.8, 4) is 0 Å². The van der Waals surface area contributed by atoms with E-state index in [-0.39, 0.29) is 12.4 Å². The van der Waals surface area contributed by atoms with E-state index in [9.17, 15) is 9.90 Å². The quantitative estimate of drug-likeness (QED) is 0.816. The van der Waals surface area contributed by atoms with E-state index in [2.05, 4.69) is 9.97 Å². The number of aliphatic hydroxyl groups excluding tert-OH is 1. The lowest BCUT2D eigenvalue weighted by Gasteiger charge is -2.22. The maximum atomic E-state index is 11.8. The first kappa shape index (κ1) is 18.1. The molecule has 5 heteroatoms. The summed E-state index contributed by atoms with van der Waals surface area (Å²) in [7, 11) is 0. The molecule has 5 nitrogen and oxygen atoms in total. The molecule has 0 aliphatic heterocycles. The fourth-order valence-corrected chi connectivity index (χ4v) is 2.06. The zero-order valence-electron chi connectivity index (χ0n) is 14.6. The fourth-order valence-electron chi connectivity index (χ4n) is 2.06. The van der Waals surface area contributed by atoms with Gasteiger partial charge in [0, 0.05) is 0 Å². The van der Waals surface area contributed by atoms with Crippen molar-refractivity contribution < 1.29 is 14.6 Å². The van der Waals surface area contributed by atoms with Gasteiger partial charge in [0.25, 0.3) is 0 Å². The number of aromatic nitrogens is 2. The van der Waals surface area contributed by atoms with Gasteiger partial charge < -0.3 is 9.84 Å². The molecule has 1 N–H and O–H groups in total. The summed E-state index contributed by atoms with van der Waals surface area (Å²) >= 11 is 0. The Morgan fingerprint density at radius 1 is 1.38 bits per heavy atom. The van der Waals surface area contributed by atoms with Gasteiger partial charge in [-0.3, -0.25) is 9.78 Å². The molecule has 2 aromatic rings. The molecule has 0 spiro atoms. The average molecular weight is 328 g/mol. The number of hydrogen-bond acceptors (Lipinski definition) is 5. The van der Waals surface area contributed by atoms with Gasteiger partial charge in [0.2, 0.25) is 0 Å². The summed E-state index contributed by atoms with van der Waals surface area (Å²) in [6, 6.07) is 5.66. The van der Waals surface area contributed by atoms with Crippen LogP contribution in [-0.2, 0) is 9.53 Å². The molecular weight excluding hydrogens is 304 g/mol. The Hall–Kier alpha value is -2.27. The van der Waals surface area contributed by atoms with E-state index in [1.807, 2.05) is 45.0 Å². The van der Waals surface area contributed by atoms with Crippen molar-refractivity contribution >= 4 is 23.1 Å². The lowest BCUT2D eigenvalue weighted by atomic mass is 10.1. The number of fused-ring (bicyclic) bond motifs is 1. The van der Waals surface area contributed by atoms with Crippen LogP contribution in [0.25, 0.3) is 17.1 Å². The summed E-state index contributed by atoms with van der Waals surface area (Å²) in [5.41, 5.74) is 2.50. The third-order valence-electron chi connectivity index (χ3n) is 3.85. The largest absolute Gasteiger partial charge is 0.459 e. The normalized spacial score (nSPS) is 13.4. The van der Waals surface area contributed by atoms with Gasteiger partial charge in [0.1, 0.15) is 5.60 Å². The third kappa shape index (κ3) is 4.86. The summed E-state index contributed by atoms with van der Waals surface area (Å²) in [6.45, 7) is 7.44.